The van der Waals surface area contributed by atoms with Crippen molar-refractivity contribution in [2.75, 3.05) is 16.6 Å². The van der Waals surface area contributed by atoms with Crippen LogP contribution in [0.5, 0.6) is 0 Å². The van der Waals surface area contributed by atoms with Gasteiger partial charge in [-0.05, 0) is 55.8 Å². The summed E-state index contributed by atoms with van der Waals surface area (Å²) in [5.74, 6) is -2.09. The minimum atomic E-state index is -4.05. The summed E-state index contributed by atoms with van der Waals surface area (Å²) in [6.07, 6.45) is 0. The second kappa shape index (κ2) is 10.0. The summed E-state index contributed by atoms with van der Waals surface area (Å²) in [5, 5.41) is 4.77. The molecule has 0 atom stereocenters. The fourth-order valence-corrected chi connectivity index (χ4v) is 4.68. The molecule has 33 heavy (non-hydrogen) atoms. The van der Waals surface area contributed by atoms with Crippen molar-refractivity contribution in [3.8, 4) is 0 Å². The molecule has 0 spiro atoms. The van der Waals surface area contributed by atoms with Gasteiger partial charge in [0, 0.05) is 5.69 Å². The zero-order chi connectivity index (χ0) is 24.2. The van der Waals surface area contributed by atoms with Crippen molar-refractivity contribution in [2.45, 2.75) is 18.7 Å². The highest BCUT2D eigenvalue weighted by Crippen LogP contribution is 2.28. The molecule has 0 saturated heterocycles. The molecule has 0 radical (unpaired) electrons. The van der Waals surface area contributed by atoms with E-state index in [-0.39, 0.29) is 21.2 Å². The van der Waals surface area contributed by atoms with Crippen LogP contribution >= 0.6 is 11.6 Å². The number of sulfonamides is 1. The second-order valence-corrected chi connectivity index (χ2v) is 9.34. The van der Waals surface area contributed by atoms with Gasteiger partial charge in [-0.1, -0.05) is 41.4 Å². The van der Waals surface area contributed by atoms with Crippen molar-refractivity contribution in [3.05, 3.63) is 88.2 Å². The van der Waals surface area contributed by atoms with E-state index in [2.05, 4.69) is 15.4 Å². The summed E-state index contributed by atoms with van der Waals surface area (Å²) in [5.41, 5.74) is 2.10. The third kappa shape index (κ3) is 6.09. The molecule has 0 aromatic heterocycles. The SMILES string of the molecule is Cc1ccc(NS(=O)(=O)c2cc(NC(=O)CNC(=O)c3ccccc3F)ccc2Cl)c(C)c1. The number of carbonyl (C=O) groups is 2. The molecular weight excluding hydrogens is 469 g/mol. The Balaban J connectivity index is 1.71. The molecule has 172 valence electrons. The van der Waals surface area contributed by atoms with Gasteiger partial charge in [0.05, 0.1) is 22.8 Å². The van der Waals surface area contributed by atoms with Gasteiger partial charge in [-0.3, -0.25) is 14.3 Å². The van der Waals surface area contributed by atoms with Gasteiger partial charge in [0.15, 0.2) is 0 Å². The lowest BCUT2D eigenvalue weighted by Crippen LogP contribution is -2.33. The molecule has 0 aliphatic carbocycles. The van der Waals surface area contributed by atoms with Crippen molar-refractivity contribution in [3.63, 3.8) is 0 Å². The summed E-state index contributed by atoms with van der Waals surface area (Å²) < 4.78 is 42.0. The lowest BCUT2D eigenvalue weighted by molar-refractivity contribution is -0.115. The van der Waals surface area contributed by atoms with Crippen molar-refractivity contribution in [1.82, 2.24) is 5.32 Å². The minimum Gasteiger partial charge on any atom is -0.343 e. The minimum absolute atomic E-state index is 0.0295. The third-order valence-electron chi connectivity index (χ3n) is 4.66. The molecule has 0 bridgehead atoms. The first-order valence-electron chi connectivity index (χ1n) is 9.79. The van der Waals surface area contributed by atoms with Gasteiger partial charge in [0.2, 0.25) is 5.91 Å². The fourth-order valence-electron chi connectivity index (χ4n) is 3.02. The van der Waals surface area contributed by atoms with Crippen LogP contribution in [0.25, 0.3) is 0 Å². The molecule has 3 N–H and O–H groups in total. The van der Waals surface area contributed by atoms with E-state index < -0.39 is 34.2 Å². The number of carbonyl (C=O) groups excluding carboxylic acids is 2. The third-order valence-corrected chi connectivity index (χ3v) is 6.51. The Morgan fingerprint density at radius 1 is 1.00 bits per heavy atom. The van der Waals surface area contributed by atoms with Crippen LogP contribution in [0.4, 0.5) is 15.8 Å². The van der Waals surface area contributed by atoms with Crippen LogP contribution in [-0.2, 0) is 14.8 Å². The van der Waals surface area contributed by atoms with E-state index in [0.29, 0.717) is 5.69 Å². The molecular formula is C23H21ClFN3O4S. The number of benzene rings is 3. The van der Waals surface area contributed by atoms with Crippen molar-refractivity contribution in [1.29, 1.82) is 0 Å². The smallest absolute Gasteiger partial charge is 0.263 e. The highest BCUT2D eigenvalue weighted by atomic mass is 35.5. The highest BCUT2D eigenvalue weighted by molar-refractivity contribution is 7.92. The van der Waals surface area contributed by atoms with Crippen LogP contribution in [0.3, 0.4) is 0 Å². The summed E-state index contributed by atoms with van der Waals surface area (Å²) in [7, 11) is -4.05. The van der Waals surface area contributed by atoms with Crippen molar-refractivity contribution in [2.24, 2.45) is 0 Å². The van der Waals surface area contributed by atoms with Gasteiger partial charge in [0.1, 0.15) is 10.7 Å². The monoisotopic (exact) mass is 489 g/mol. The van der Waals surface area contributed by atoms with Gasteiger partial charge in [0.25, 0.3) is 15.9 Å². The molecule has 10 heteroatoms. The van der Waals surface area contributed by atoms with E-state index in [4.69, 9.17) is 11.6 Å². The van der Waals surface area contributed by atoms with Gasteiger partial charge in [-0.25, -0.2) is 12.8 Å². The molecule has 3 aromatic rings. The van der Waals surface area contributed by atoms with Crippen LogP contribution in [-0.4, -0.2) is 26.8 Å². The molecule has 0 unspecified atom stereocenters. The molecule has 0 saturated carbocycles. The Kier molecular flexibility index (Phi) is 7.35. The Bertz CT molecular complexity index is 1330. The average molecular weight is 490 g/mol. The van der Waals surface area contributed by atoms with E-state index in [1.54, 1.807) is 19.1 Å². The Morgan fingerprint density at radius 2 is 1.73 bits per heavy atom. The summed E-state index contributed by atoms with van der Waals surface area (Å²) >= 11 is 6.11. The van der Waals surface area contributed by atoms with E-state index >= 15 is 0 Å². The molecule has 2 amide bonds. The molecule has 0 aliphatic heterocycles. The van der Waals surface area contributed by atoms with Gasteiger partial charge >= 0.3 is 0 Å². The molecule has 0 fully saturated rings. The number of hydrogen-bond acceptors (Lipinski definition) is 4. The lowest BCUT2D eigenvalue weighted by atomic mass is 10.1. The molecule has 0 heterocycles. The number of amides is 2. The van der Waals surface area contributed by atoms with Gasteiger partial charge in [-0.2, -0.15) is 0 Å². The topological polar surface area (TPSA) is 104 Å². The van der Waals surface area contributed by atoms with Crippen LogP contribution in [0.1, 0.15) is 21.5 Å². The van der Waals surface area contributed by atoms with Gasteiger partial charge < -0.3 is 10.6 Å². The summed E-state index contributed by atoms with van der Waals surface area (Å²) in [6.45, 7) is 3.23. The second-order valence-electron chi connectivity index (χ2n) is 7.28. The molecule has 7 nitrogen and oxygen atoms in total. The maximum Gasteiger partial charge on any atom is 0.263 e. The highest BCUT2D eigenvalue weighted by Gasteiger charge is 2.20. The van der Waals surface area contributed by atoms with E-state index in [9.17, 15) is 22.4 Å². The standard InChI is InChI=1S/C23H21ClFN3O4S/c1-14-7-10-20(15(2)11-14)28-33(31,32)21-12-16(8-9-18(21)24)27-22(29)13-26-23(30)17-5-3-4-6-19(17)25/h3-12,28H,13H2,1-2H3,(H,26,30)(H,27,29). The predicted octanol–water partition coefficient (Wildman–Crippen LogP) is 4.27. The first-order chi connectivity index (χ1) is 15.6. The Labute approximate surface area is 196 Å². The van der Waals surface area contributed by atoms with Crippen molar-refractivity contribution < 1.29 is 22.4 Å². The Hall–Kier alpha value is -3.43. The molecule has 3 aromatic carbocycles. The lowest BCUT2D eigenvalue weighted by Gasteiger charge is -2.14. The van der Waals surface area contributed by atoms with E-state index in [0.717, 1.165) is 17.2 Å². The van der Waals surface area contributed by atoms with E-state index in [1.165, 1.54) is 36.4 Å². The Morgan fingerprint density at radius 3 is 2.42 bits per heavy atom. The average Bonchev–Trinajstić information content (AvgIpc) is 2.75. The fraction of sp³-hybridized carbons (Fsp3) is 0.130. The number of anilines is 2. The number of nitrogens with one attached hydrogen (secondary N) is 3. The predicted molar refractivity (Wildman–Crippen MR) is 126 cm³/mol. The normalized spacial score (nSPS) is 11.0. The van der Waals surface area contributed by atoms with Crippen LogP contribution < -0.4 is 15.4 Å². The molecule has 3 rings (SSSR count). The quantitative estimate of drug-likeness (QED) is 0.461. The zero-order valence-electron chi connectivity index (χ0n) is 17.8. The number of hydrogen-bond donors (Lipinski definition) is 3. The summed E-state index contributed by atoms with van der Waals surface area (Å²) in [4.78, 5) is 24.0. The first-order valence-corrected chi connectivity index (χ1v) is 11.6. The van der Waals surface area contributed by atoms with Crippen LogP contribution in [0.2, 0.25) is 5.02 Å². The first kappa shape index (κ1) is 24.2. The maximum atomic E-state index is 13.7. The van der Waals surface area contributed by atoms with Crippen molar-refractivity contribution >= 4 is 44.8 Å². The number of halogens is 2. The number of rotatable bonds is 7. The largest absolute Gasteiger partial charge is 0.343 e. The summed E-state index contributed by atoms with van der Waals surface area (Å²) in [6, 6.07) is 14.6. The number of aryl methyl sites for hydroxylation is 2. The van der Waals surface area contributed by atoms with Crippen LogP contribution in [0.15, 0.2) is 65.6 Å². The van der Waals surface area contributed by atoms with E-state index in [1.807, 2.05) is 13.0 Å². The zero-order valence-corrected chi connectivity index (χ0v) is 19.4. The van der Waals surface area contributed by atoms with Crippen LogP contribution in [0, 0.1) is 19.7 Å². The van der Waals surface area contributed by atoms with Gasteiger partial charge in [-0.15, -0.1) is 0 Å². The maximum absolute atomic E-state index is 13.7. The molecule has 0 aliphatic rings.